The number of halogens is 1. The maximum atomic E-state index is 6.61. The van der Waals surface area contributed by atoms with Gasteiger partial charge in [0.2, 0.25) is 6.35 Å². The molecule has 0 amide bonds. The molecule has 0 saturated heterocycles. The van der Waals surface area contributed by atoms with Gasteiger partial charge in [-0.1, -0.05) is 82.7 Å². The highest BCUT2D eigenvalue weighted by Gasteiger charge is 2.43. The van der Waals surface area contributed by atoms with E-state index in [2.05, 4.69) is 89.1 Å². The van der Waals surface area contributed by atoms with Crippen LogP contribution in [-0.4, -0.2) is 12.5 Å². The van der Waals surface area contributed by atoms with Crippen LogP contribution in [0.2, 0.25) is 5.31 Å². The Hall–Kier alpha value is -0.195. The SMILES string of the molecule is CCCCC#C[B-](OC(C)C)(/C(Br)=C/CCCC)C(C)(C)C(C)C. The topological polar surface area (TPSA) is 9.23 Å². The van der Waals surface area contributed by atoms with Crippen molar-refractivity contribution in [3.8, 4) is 11.7 Å². The van der Waals surface area contributed by atoms with E-state index in [0.717, 1.165) is 23.6 Å². The third-order valence-corrected chi connectivity index (χ3v) is 6.23. The predicted molar refractivity (Wildman–Crippen MR) is 115 cm³/mol. The van der Waals surface area contributed by atoms with Gasteiger partial charge in [-0.25, -0.2) is 0 Å². The molecule has 0 aliphatic heterocycles. The first-order valence-electron chi connectivity index (χ1n) is 9.84. The molecule has 0 spiro atoms. The van der Waals surface area contributed by atoms with Gasteiger partial charge in [-0.3, -0.25) is 5.82 Å². The lowest BCUT2D eigenvalue weighted by atomic mass is 9.24. The predicted octanol–water partition coefficient (Wildman–Crippen LogP) is 7.53. The first kappa shape index (κ1) is 23.8. The zero-order valence-corrected chi connectivity index (χ0v) is 18.9. The van der Waals surface area contributed by atoms with Crippen LogP contribution in [0.3, 0.4) is 0 Å². The summed E-state index contributed by atoms with van der Waals surface area (Å²) in [6.07, 6.45) is 7.81. The monoisotopic (exact) mass is 397 g/mol. The maximum Gasteiger partial charge on any atom is 0.225 e. The minimum atomic E-state index is -1.42. The summed E-state index contributed by atoms with van der Waals surface area (Å²) < 4.78 is 7.77. The van der Waals surface area contributed by atoms with Crippen LogP contribution in [0.15, 0.2) is 10.5 Å². The van der Waals surface area contributed by atoms with Gasteiger partial charge in [0.15, 0.2) is 0 Å². The van der Waals surface area contributed by atoms with Crippen molar-refractivity contribution in [3.05, 3.63) is 10.5 Å². The van der Waals surface area contributed by atoms with Gasteiger partial charge in [0.25, 0.3) is 0 Å². The van der Waals surface area contributed by atoms with E-state index < -0.39 is 6.35 Å². The fourth-order valence-electron chi connectivity index (χ4n) is 2.85. The molecule has 140 valence electrons. The molecule has 1 nitrogen and oxygen atoms in total. The number of allylic oxidation sites excluding steroid dienone is 1. The van der Waals surface area contributed by atoms with Crippen LogP contribution in [0.4, 0.5) is 0 Å². The highest BCUT2D eigenvalue weighted by Crippen LogP contribution is 2.50. The van der Waals surface area contributed by atoms with Crippen molar-refractivity contribution in [2.75, 3.05) is 0 Å². The van der Waals surface area contributed by atoms with Crippen molar-refractivity contribution in [1.29, 1.82) is 0 Å². The molecule has 1 atom stereocenters. The lowest BCUT2D eigenvalue weighted by molar-refractivity contribution is 0.213. The summed E-state index contributed by atoms with van der Waals surface area (Å²) >= 11 is 3.89. The van der Waals surface area contributed by atoms with E-state index in [4.69, 9.17) is 4.65 Å². The second-order valence-corrected chi connectivity index (χ2v) is 9.02. The molecule has 0 rings (SSSR count). The molecular weight excluding hydrogens is 359 g/mol. The second kappa shape index (κ2) is 11.4. The standard InChI is InChI=1S/C21H39BBrO/c1-9-11-13-15-17-22(24-19(5)6,21(7,8)18(3)4)20(23)16-14-12-10-2/h16,18-19H,9-14H2,1-8H3/q-1/b20-16-. The lowest BCUT2D eigenvalue weighted by Crippen LogP contribution is -2.52. The van der Waals surface area contributed by atoms with Crippen LogP contribution in [0.5, 0.6) is 0 Å². The summed E-state index contributed by atoms with van der Waals surface area (Å²) in [5.74, 6) is 7.55. The van der Waals surface area contributed by atoms with Crippen LogP contribution in [0, 0.1) is 17.7 Å². The number of rotatable bonds is 10. The summed E-state index contributed by atoms with van der Waals surface area (Å²) in [6, 6.07) is 0. The van der Waals surface area contributed by atoms with Gasteiger partial charge in [0.1, 0.15) is 0 Å². The van der Waals surface area contributed by atoms with E-state index in [1.54, 1.807) is 0 Å². The maximum absolute atomic E-state index is 6.61. The molecule has 0 fully saturated rings. The average Bonchev–Trinajstić information content (AvgIpc) is 2.49. The second-order valence-electron chi connectivity index (χ2n) is 8.10. The van der Waals surface area contributed by atoms with Crippen molar-refractivity contribution < 1.29 is 4.65 Å². The molecule has 0 bridgehead atoms. The van der Waals surface area contributed by atoms with Gasteiger partial charge in [-0.2, -0.15) is 0 Å². The lowest BCUT2D eigenvalue weighted by Gasteiger charge is -2.54. The molecule has 0 heterocycles. The van der Waals surface area contributed by atoms with Gasteiger partial charge in [-0.15, -0.1) is 21.7 Å². The quantitative estimate of drug-likeness (QED) is 0.210. The average molecular weight is 398 g/mol. The van der Waals surface area contributed by atoms with Crippen LogP contribution >= 0.6 is 15.9 Å². The van der Waals surface area contributed by atoms with E-state index >= 15 is 0 Å². The van der Waals surface area contributed by atoms with Crippen LogP contribution < -0.4 is 0 Å². The molecular formula is C21H39BBrO-. The summed E-state index contributed by atoms with van der Waals surface area (Å²) in [5, 5.41) is -0.0367. The largest absolute Gasteiger partial charge is 0.574 e. The Morgan fingerprint density at radius 3 is 2.17 bits per heavy atom. The molecule has 0 saturated carbocycles. The van der Waals surface area contributed by atoms with Gasteiger partial charge >= 0.3 is 0 Å². The molecule has 0 aliphatic carbocycles. The summed E-state index contributed by atoms with van der Waals surface area (Å²) in [6.45, 7) is 17.9. The van der Waals surface area contributed by atoms with Crippen molar-refractivity contribution in [2.45, 2.75) is 105 Å². The molecule has 24 heavy (non-hydrogen) atoms. The zero-order valence-electron chi connectivity index (χ0n) is 17.3. The molecule has 3 heteroatoms. The van der Waals surface area contributed by atoms with E-state index in [0.29, 0.717) is 5.92 Å². The van der Waals surface area contributed by atoms with Crippen molar-refractivity contribution >= 4 is 22.3 Å². The molecule has 0 aromatic carbocycles. The van der Waals surface area contributed by atoms with Gasteiger partial charge < -0.3 is 4.65 Å². The summed E-state index contributed by atoms with van der Waals surface area (Å²) in [5.41, 5.74) is 0. The smallest absolute Gasteiger partial charge is 0.225 e. The van der Waals surface area contributed by atoms with Crippen molar-refractivity contribution in [3.63, 3.8) is 0 Å². The van der Waals surface area contributed by atoms with E-state index in [1.165, 1.54) is 19.3 Å². The zero-order chi connectivity index (χ0) is 18.8. The third-order valence-electron chi connectivity index (χ3n) is 5.26. The van der Waals surface area contributed by atoms with Crippen LogP contribution in [0.25, 0.3) is 0 Å². The Balaban J connectivity index is 6.01. The third kappa shape index (κ3) is 6.60. The molecule has 0 radical (unpaired) electrons. The first-order valence-corrected chi connectivity index (χ1v) is 10.6. The van der Waals surface area contributed by atoms with Gasteiger partial charge in [0, 0.05) is 12.5 Å². The molecule has 0 N–H and O–H groups in total. The van der Waals surface area contributed by atoms with Gasteiger partial charge in [-0.05, 0) is 26.7 Å². The minimum Gasteiger partial charge on any atom is -0.574 e. The highest BCUT2D eigenvalue weighted by molar-refractivity contribution is 9.12. The van der Waals surface area contributed by atoms with Crippen molar-refractivity contribution in [1.82, 2.24) is 0 Å². The van der Waals surface area contributed by atoms with Crippen LogP contribution in [0.1, 0.15) is 93.9 Å². The fourth-order valence-corrected chi connectivity index (χ4v) is 3.89. The number of unbranched alkanes of at least 4 members (excludes halogenated alkanes) is 4. The van der Waals surface area contributed by atoms with E-state index in [-0.39, 0.29) is 11.4 Å². The number of hydrogen-bond donors (Lipinski definition) is 0. The summed E-state index contributed by atoms with van der Waals surface area (Å²) in [4.78, 5) is 0. The van der Waals surface area contributed by atoms with Gasteiger partial charge in [0.05, 0.1) is 0 Å². The van der Waals surface area contributed by atoms with Crippen LogP contribution in [-0.2, 0) is 4.65 Å². The Morgan fingerprint density at radius 1 is 1.12 bits per heavy atom. The Bertz CT molecular complexity index is 442. The van der Waals surface area contributed by atoms with Crippen molar-refractivity contribution in [2.24, 2.45) is 5.92 Å². The molecule has 0 aliphatic rings. The molecule has 0 aromatic rings. The van der Waals surface area contributed by atoms with E-state index in [9.17, 15) is 0 Å². The first-order chi connectivity index (χ1) is 11.2. The Kier molecular flexibility index (Phi) is 11.3. The highest BCUT2D eigenvalue weighted by atomic mass is 79.9. The normalized spacial score (nSPS) is 15.4. The Labute approximate surface area is 160 Å². The summed E-state index contributed by atoms with van der Waals surface area (Å²) in [7, 11) is 0. The molecule has 1 unspecified atom stereocenters. The van der Waals surface area contributed by atoms with E-state index in [1.807, 2.05) is 0 Å². The Morgan fingerprint density at radius 2 is 1.71 bits per heavy atom. The fraction of sp³-hybridized carbons (Fsp3) is 0.810. The number of hydrogen-bond acceptors (Lipinski definition) is 1. The minimum absolute atomic E-state index is 0.0367. The molecule has 0 aromatic heterocycles.